The fraction of sp³-hybridized carbons (Fsp3) is 0.720. The van der Waals surface area contributed by atoms with Crippen molar-refractivity contribution in [2.75, 3.05) is 59.7 Å². The third kappa shape index (κ3) is 5.43. The van der Waals surface area contributed by atoms with Crippen LogP contribution in [0.4, 0.5) is 4.39 Å². The number of morpholine rings is 1. The van der Waals surface area contributed by atoms with Gasteiger partial charge >= 0.3 is 0 Å². The molecule has 32 heavy (non-hydrogen) atoms. The maximum atomic E-state index is 13.5. The van der Waals surface area contributed by atoms with Gasteiger partial charge in [0.2, 0.25) is 0 Å². The molecule has 0 atom stereocenters. The molecule has 0 spiro atoms. The maximum absolute atomic E-state index is 13.5. The third-order valence-electron chi connectivity index (χ3n) is 7.78. The molecule has 0 amide bonds. The van der Waals surface area contributed by atoms with Crippen molar-refractivity contribution in [2.45, 2.75) is 55.9 Å². The van der Waals surface area contributed by atoms with Crippen molar-refractivity contribution < 1.29 is 13.9 Å². The van der Waals surface area contributed by atoms with Crippen LogP contribution >= 0.6 is 0 Å². The first-order valence-electron chi connectivity index (χ1n) is 12.3. The van der Waals surface area contributed by atoms with Gasteiger partial charge in [-0.15, -0.1) is 0 Å². The number of hydrogen-bond acceptors (Lipinski definition) is 4. The molecule has 7 heteroatoms. The molecule has 6 nitrogen and oxygen atoms in total. The second-order valence-electron chi connectivity index (χ2n) is 9.56. The molecule has 3 aliphatic rings. The van der Waals surface area contributed by atoms with Gasteiger partial charge in [-0.3, -0.25) is 9.89 Å². The van der Waals surface area contributed by atoms with Gasteiger partial charge in [0.15, 0.2) is 5.96 Å². The smallest absolute Gasteiger partial charge is 0.191 e. The summed E-state index contributed by atoms with van der Waals surface area (Å²) in [5.41, 5.74) is 1.28. The van der Waals surface area contributed by atoms with Gasteiger partial charge in [-0.25, -0.2) is 4.39 Å². The average Bonchev–Trinajstić information content (AvgIpc) is 2.86. The number of hydrogen-bond donors (Lipinski definition) is 2. The molecule has 2 aliphatic heterocycles. The molecule has 1 aromatic carbocycles. The number of nitrogens with zero attached hydrogens (tertiary/aromatic N) is 2. The first-order valence-corrected chi connectivity index (χ1v) is 12.3. The predicted octanol–water partition coefficient (Wildman–Crippen LogP) is 3.07. The molecule has 0 radical (unpaired) electrons. The van der Waals surface area contributed by atoms with Crippen LogP contribution in [0.15, 0.2) is 29.3 Å². The molecule has 2 heterocycles. The van der Waals surface area contributed by atoms with Gasteiger partial charge in [0.1, 0.15) is 5.82 Å². The molecule has 0 unspecified atom stereocenters. The van der Waals surface area contributed by atoms with Crippen LogP contribution in [0.3, 0.4) is 0 Å². The fourth-order valence-corrected chi connectivity index (χ4v) is 5.71. The summed E-state index contributed by atoms with van der Waals surface area (Å²) in [5.74, 6) is 0.651. The number of halogens is 1. The van der Waals surface area contributed by atoms with Gasteiger partial charge in [-0.2, -0.15) is 0 Å². The van der Waals surface area contributed by atoms with Crippen LogP contribution in [0.1, 0.15) is 50.5 Å². The van der Waals surface area contributed by atoms with Crippen LogP contribution < -0.4 is 10.6 Å². The molecule has 4 rings (SSSR count). The van der Waals surface area contributed by atoms with Crippen molar-refractivity contribution in [3.63, 3.8) is 0 Å². The largest absolute Gasteiger partial charge is 0.381 e. The topological polar surface area (TPSA) is 58.1 Å². The van der Waals surface area contributed by atoms with E-state index < -0.39 is 0 Å². The summed E-state index contributed by atoms with van der Waals surface area (Å²) in [7, 11) is 1.84. The van der Waals surface area contributed by atoms with Gasteiger partial charge in [-0.1, -0.05) is 31.4 Å². The molecule has 0 aromatic heterocycles. The Labute approximate surface area is 191 Å². The lowest BCUT2D eigenvalue weighted by molar-refractivity contribution is -0.0352. The Morgan fingerprint density at radius 1 is 0.906 bits per heavy atom. The monoisotopic (exact) mass is 446 g/mol. The Bertz CT molecular complexity index is 737. The normalized spacial score (nSPS) is 24.1. The molecule has 2 N–H and O–H groups in total. The van der Waals surface area contributed by atoms with E-state index in [0.29, 0.717) is 0 Å². The van der Waals surface area contributed by atoms with Crippen LogP contribution in [0.2, 0.25) is 0 Å². The van der Waals surface area contributed by atoms with Crippen LogP contribution in [0.25, 0.3) is 0 Å². The van der Waals surface area contributed by atoms with Gasteiger partial charge in [0, 0.05) is 57.4 Å². The van der Waals surface area contributed by atoms with Gasteiger partial charge < -0.3 is 20.1 Å². The van der Waals surface area contributed by atoms with E-state index in [1.54, 1.807) is 12.1 Å². The van der Waals surface area contributed by atoms with E-state index in [1.165, 1.54) is 37.7 Å². The van der Waals surface area contributed by atoms with E-state index in [0.717, 1.165) is 71.4 Å². The summed E-state index contributed by atoms with van der Waals surface area (Å²) < 4.78 is 24.8. The Kier molecular flexibility index (Phi) is 8.02. The van der Waals surface area contributed by atoms with Crippen molar-refractivity contribution in [2.24, 2.45) is 4.99 Å². The fourth-order valence-electron chi connectivity index (χ4n) is 5.71. The van der Waals surface area contributed by atoms with E-state index in [4.69, 9.17) is 9.47 Å². The second-order valence-corrected chi connectivity index (χ2v) is 9.56. The Morgan fingerprint density at radius 3 is 2.19 bits per heavy atom. The molecule has 2 saturated heterocycles. The Morgan fingerprint density at radius 2 is 1.53 bits per heavy atom. The number of aliphatic imine (C=N–C) groups is 1. The predicted molar refractivity (Wildman–Crippen MR) is 126 cm³/mol. The number of nitrogens with one attached hydrogen (secondary N) is 2. The number of ether oxygens (including phenoxy) is 2. The van der Waals surface area contributed by atoms with E-state index in [1.807, 2.05) is 19.2 Å². The molecular formula is C25H39FN4O2. The van der Waals surface area contributed by atoms with Crippen molar-refractivity contribution >= 4 is 5.96 Å². The minimum atomic E-state index is -0.192. The maximum Gasteiger partial charge on any atom is 0.191 e. The Balaban J connectivity index is 1.41. The van der Waals surface area contributed by atoms with E-state index >= 15 is 0 Å². The van der Waals surface area contributed by atoms with E-state index in [2.05, 4.69) is 20.5 Å². The highest BCUT2D eigenvalue weighted by Gasteiger charge is 2.39. The summed E-state index contributed by atoms with van der Waals surface area (Å²) in [6.45, 7) is 6.80. The van der Waals surface area contributed by atoms with Crippen molar-refractivity contribution in [3.8, 4) is 0 Å². The number of rotatable bonds is 6. The van der Waals surface area contributed by atoms with Gasteiger partial charge in [0.25, 0.3) is 0 Å². The zero-order valence-corrected chi connectivity index (χ0v) is 19.5. The van der Waals surface area contributed by atoms with E-state index in [-0.39, 0.29) is 16.8 Å². The van der Waals surface area contributed by atoms with Crippen LogP contribution in [-0.4, -0.2) is 76.1 Å². The Hall–Kier alpha value is -1.70. The first-order chi connectivity index (χ1) is 15.7. The SMILES string of the molecule is CN=C(NCC1(c2ccc(F)cc2)CCOCC1)NCC1(N2CCOCC2)CCCCC1. The van der Waals surface area contributed by atoms with Crippen LogP contribution in [0.5, 0.6) is 0 Å². The lowest BCUT2D eigenvalue weighted by atomic mass is 9.74. The summed E-state index contributed by atoms with van der Waals surface area (Å²) >= 11 is 0. The van der Waals surface area contributed by atoms with Crippen LogP contribution in [0, 0.1) is 5.82 Å². The van der Waals surface area contributed by atoms with Crippen molar-refractivity contribution in [1.82, 2.24) is 15.5 Å². The lowest BCUT2D eigenvalue weighted by Gasteiger charge is -2.48. The third-order valence-corrected chi connectivity index (χ3v) is 7.78. The molecule has 1 aliphatic carbocycles. The van der Waals surface area contributed by atoms with Gasteiger partial charge in [-0.05, 0) is 43.4 Å². The molecule has 0 bridgehead atoms. The van der Waals surface area contributed by atoms with Crippen LogP contribution in [-0.2, 0) is 14.9 Å². The lowest BCUT2D eigenvalue weighted by Crippen LogP contribution is -2.61. The molecule has 3 fully saturated rings. The zero-order valence-electron chi connectivity index (χ0n) is 19.5. The summed E-state index contributed by atoms with van der Waals surface area (Å²) in [6.07, 6.45) is 8.21. The second kappa shape index (κ2) is 10.9. The molecule has 1 aromatic rings. The number of benzene rings is 1. The van der Waals surface area contributed by atoms with Crippen molar-refractivity contribution in [1.29, 1.82) is 0 Å². The molecule has 1 saturated carbocycles. The molecular weight excluding hydrogens is 407 g/mol. The highest BCUT2D eigenvalue weighted by atomic mass is 19.1. The average molecular weight is 447 g/mol. The van der Waals surface area contributed by atoms with Crippen molar-refractivity contribution in [3.05, 3.63) is 35.6 Å². The zero-order chi connectivity index (χ0) is 22.3. The minimum Gasteiger partial charge on any atom is -0.381 e. The highest BCUT2D eigenvalue weighted by Crippen LogP contribution is 2.35. The summed E-state index contributed by atoms with van der Waals surface area (Å²) in [6, 6.07) is 6.98. The number of guanidine groups is 1. The van der Waals surface area contributed by atoms with E-state index in [9.17, 15) is 4.39 Å². The summed E-state index contributed by atoms with van der Waals surface area (Å²) in [4.78, 5) is 7.18. The quantitative estimate of drug-likeness (QED) is 0.520. The molecule has 178 valence electrons. The summed E-state index contributed by atoms with van der Waals surface area (Å²) in [5, 5.41) is 7.26. The highest BCUT2D eigenvalue weighted by molar-refractivity contribution is 5.79. The van der Waals surface area contributed by atoms with Gasteiger partial charge in [0.05, 0.1) is 13.2 Å². The minimum absolute atomic E-state index is 0.0731. The first kappa shape index (κ1) is 23.5. The standard InChI is InChI=1S/C25H39FN4O2/c1-27-23(29-20-25(9-3-2-4-10-25)30-13-17-32-18-14-30)28-19-24(11-15-31-16-12-24)21-5-7-22(26)8-6-21/h5-8H,2-4,9-20H2,1H3,(H2,27,28,29).